The molecule has 0 saturated carbocycles. The standard InChI is InChI=1S/C14H19N3OS2/c1-5-6-10-16-13(19-7-11(18)15-4)12-8(2)9(3)20-14(12)17-10/h5-7H2,1-4H3,(H,15,18). The maximum absolute atomic E-state index is 11.4. The SMILES string of the molecule is CCCc1nc(SCC(=O)NC)c2c(C)c(C)sc2n1. The normalized spacial score (nSPS) is 11.0. The number of amides is 1. The Bertz CT molecular complexity index is 637. The lowest BCUT2D eigenvalue weighted by Crippen LogP contribution is -2.19. The highest BCUT2D eigenvalue weighted by atomic mass is 32.2. The molecule has 0 saturated heterocycles. The summed E-state index contributed by atoms with van der Waals surface area (Å²) >= 11 is 3.20. The number of aryl methyl sites for hydroxylation is 3. The van der Waals surface area contributed by atoms with Crippen molar-refractivity contribution in [3.05, 3.63) is 16.3 Å². The molecular formula is C14H19N3OS2. The molecule has 0 unspecified atom stereocenters. The van der Waals surface area contributed by atoms with Crippen molar-refractivity contribution >= 4 is 39.2 Å². The summed E-state index contributed by atoms with van der Waals surface area (Å²) in [7, 11) is 1.65. The van der Waals surface area contributed by atoms with Crippen molar-refractivity contribution in [3.63, 3.8) is 0 Å². The highest BCUT2D eigenvalue weighted by Gasteiger charge is 2.15. The Balaban J connectivity index is 2.45. The van der Waals surface area contributed by atoms with Crippen LogP contribution >= 0.6 is 23.1 Å². The van der Waals surface area contributed by atoms with Crippen LogP contribution in [0.25, 0.3) is 10.2 Å². The molecule has 0 aromatic carbocycles. The van der Waals surface area contributed by atoms with Gasteiger partial charge in [-0.3, -0.25) is 4.79 Å². The zero-order valence-electron chi connectivity index (χ0n) is 12.2. The number of carbonyl (C=O) groups excluding carboxylic acids is 1. The van der Waals surface area contributed by atoms with Gasteiger partial charge in [-0.25, -0.2) is 9.97 Å². The number of thiophene rings is 1. The van der Waals surface area contributed by atoms with Gasteiger partial charge in [-0.1, -0.05) is 18.7 Å². The van der Waals surface area contributed by atoms with E-state index in [0.717, 1.165) is 33.9 Å². The molecule has 1 N–H and O–H groups in total. The molecule has 2 heterocycles. The monoisotopic (exact) mass is 309 g/mol. The highest BCUT2D eigenvalue weighted by molar-refractivity contribution is 8.00. The Morgan fingerprint density at radius 1 is 1.35 bits per heavy atom. The van der Waals surface area contributed by atoms with E-state index in [1.807, 2.05) is 0 Å². The maximum atomic E-state index is 11.4. The van der Waals surface area contributed by atoms with Gasteiger partial charge >= 0.3 is 0 Å². The number of thioether (sulfide) groups is 1. The Hall–Kier alpha value is -1.14. The molecule has 0 spiro atoms. The van der Waals surface area contributed by atoms with Gasteiger partial charge < -0.3 is 5.32 Å². The number of rotatable bonds is 5. The van der Waals surface area contributed by atoms with Gasteiger partial charge in [0.15, 0.2) is 0 Å². The minimum Gasteiger partial charge on any atom is -0.358 e. The predicted molar refractivity (Wildman–Crippen MR) is 85.7 cm³/mol. The van der Waals surface area contributed by atoms with Crippen molar-refractivity contribution in [2.24, 2.45) is 0 Å². The fourth-order valence-corrected chi connectivity index (χ4v) is 3.99. The third-order valence-electron chi connectivity index (χ3n) is 3.13. The van der Waals surface area contributed by atoms with Crippen LogP contribution in [-0.4, -0.2) is 28.7 Å². The molecule has 20 heavy (non-hydrogen) atoms. The highest BCUT2D eigenvalue weighted by Crippen LogP contribution is 2.35. The molecule has 0 aliphatic carbocycles. The van der Waals surface area contributed by atoms with Gasteiger partial charge in [-0.2, -0.15) is 0 Å². The van der Waals surface area contributed by atoms with Crippen molar-refractivity contribution in [1.29, 1.82) is 0 Å². The Labute approximate surface area is 127 Å². The number of carbonyl (C=O) groups is 1. The summed E-state index contributed by atoms with van der Waals surface area (Å²) in [6.45, 7) is 6.32. The Morgan fingerprint density at radius 2 is 2.10 bits per heavy atom. The lowest BCUT2D eigenvalue weighted by Gasteiger charge is -2.06. The second-order valence-corrected chi connectivity index (χ2v) is 6.79. The van der Waals surface area contributed by atoms with E-state index in [4.69, 9.17) is 0 Å². The number of aromatic nitrogens is 2. The Morgan fingerprint density at radius 3 is 2.75 bits per heavy atom. The number of nitrogens with one attached hydrogen (secondary N) is 1. The van der Waals surface area contributed by atoms with Gasteiger partial charge in [0.1, 0.15) is 15.7 Å². The van der Waals surface area contributed by atoms with Crippen LogP contribution in [0.1, 0.15) is 29.6 Å². The van der Waals surface area contributed by atoms with Crippen LogP contribution in [0.15, 0.2) is 5.03 Å². The molecule has 4 nitrogen and oxygen atoms in total. The molecule has 0 bridgehead atoms. The first-order chi connectivity index (χ1) is 9.56. The van der Waals surface area contributed by atoms with Crippen LogP contribution in [0.2, 0.25) is 0 Å². The first-order valence-corrected chi connectivity index (χ1v) is 8.47. The maximum Gasteiger partial charge on any atom is 0.230 e. The molecular weight excluding hydrogens is 290 g/mol. The summed E-state index contributed by atoms with van der Waals surface area (Å²) in [5, 5.41) is 4.69. The summed E-state index contributed by atoms with van der Waals surface area (Å²) in [4.78, 5) is 23.1. The fourth-order valence-electron chi connectivity index (χ4n) is 1.90. The van der Waals surface area contributed by atoms with Crippen molar-refractivity contribution in [1.82, 2.24) is 15.3 Å². The number of nitrogens with zero attached hydrogens (tertiary/aromatic N) is 2. The van der Waals surface area contributed by atoms with Gasteiger partial charge in [0.2, 0.25) is 5.91 Å². The molecule has 0 aliphatic heterocycles. The van der Waals surface area contributed by atoms with Crippen LogP contribution in [0.5, 0.6) is 0 Å². The minimum atomic E-state index is 0.0170. The van der Waals surface area contributed by atoms with E-state index in [1.165, 1.54) is 22.2 Å². The van der Waals surface area contributed by atoms with Crippen LogP contribution in [0.3, 0.4) is 0 Å². The van der Waals surface area contributed by atoms with Gasteiger partial charge in [0, 0.05) is 23.7 Å². The van der Waals surface area contributed by atoms with Crippen molar-refractivity contribution in [2.75, 3.05) is 12.8 Å². The average Bonchev–Trinajstić information content (AvgIpc) is 2.71. The summed E-state index contributed by atoms with van der Waals surface area (Å²) in [5.41, 5.74) is 1.23. The topological polar surface area (TPSA) is 54.9 Å². The third kappa shape index (κ3) is 3.12. The van der Waals surface area contributed by atoms with E-state index in [0.29, 0.717) is 5.75 Å². The smallest absolute Gasteiger partial charge is 0.230 e. The first-order valence-electron chi connectivity index (χ1n) is 6.66. The number of fused-ring (bicyclic) bond motifs is 1. The number of hydrogen-bond acceptors (Lipinski definition) is 5. The van der Waals surface area contributed by atoms with E-state index in [-0.39, 0.29) is 5.91 Å². The zero-order valence-corrected chi connectivity index (χ0v) is 13.9. The van der Waals surface area contributed by atoms with E-state index < -0.39 is 0 Å². The van der Waals surface area contributed by atoms with Crippen LogP contribution < -0.4 is 5.32 Å². The summed E-state index contributed by atoms with van der Waals surface area (Å²) in [5.74, 6) is 1.28. The van der Waals surface area contributed by atoms with E-state index in [9.17, 15) is 4.79 Å². The molecule has 2 aromatic rings. The predicted octanol–water partition coefficient (Wildman–Crippen LogP) is 3.10. The fraction of sp³-hybridized carbons (Fsp3) is 0.500. The van der Waals surface area contributed by atoms with Crippen molar-refractivity contribution in [3.8, 4) is 0 Å². The van der Waals surface area contributed by atoms with Crippen molar-refractivity contribution in [2.45, 2.75) is 38.6 Å². The number of hydrogen-bond donors (Lipinski definition) is 1. The minimum absolute atomic E-state index is 0.0170. The quantitative estimate of drug-likeness (QED) is 0.681. The molecule has 6 heteroatoms. The zero-order chi connectivity index (χ0) is 14.7. The van der Waals surface area contributed by atoms with Gasteiger partial charge in [-0.15, -0.1) is 11.3 Å². The molecule has 2 rings (SSSR count). The van der Waals surface area contributed by atoms with Gasteiger partial charge in [-0.05, 0) is 25.8 Å². The van der Waals surface area contributed by atoms with Crippen LogP contribution in [0, 0.1) is 13.8 Å². The second kappa shape index (κ2) is 6.54. The average molecular weight is 309 g/mol. The lowest BCUT2D eigenvalue weighted by molar-refractivity contribution is -0.118. The Kier molecular flexibility index (Phi) is 4.99. The molecule has 108 valence electrons. The third-order valence-corrected chi connectivity index (χ3v) is 5.21. The molecule has 1 amide bonds. The molecule has 0 radical (unpaired) electrons. The van der Waals surface area contributed by atoms with E-state index >= 15 is 0 Å². The first kappa shape index (κ1) is 15.3. The summed E-state index contributed by atoms with van der Waals surface area (Å²) in [6.07, 6.45) is 1.90. The molecule has 0 aliphatic rings. The van der Waals surface area contributed by atoms with Gasteiger partial charge in [0.05, 0.1) is 5.75 Å². The second-order valence-electron chi connectivity index (χ2n) is 4.62. The van der Waals surface area contributed by atoms with Crippen LogP contribution in [0.4, 0.5) is 0 Å². The van der Waals surface area contributed by atoms with E-state index in [2.05, 4.69) is 36.1 Å². The largest absolute Gasteiger partial charge is 0.358 e. The van der Waals surface area contributed by atoms with Crippen molar-refractivity contribution < 1.29 is 4.79 Å². The molecule has 0 fully saturated rings. The molecule has 2 aromatic heterocycles. The van der Waals surface area contributed by atoms with Crippen LogP contribution in [-0.2, 0) is 11.2 Å². The van der Waals surface area contributed by atoms with Gasteiger partial charge in [0.25, 0.3) is 0 Å². The lowest BCUT2D eigenvalue weighted by atomic mass is 10.2. The summed E-state index contributed by atoms with van der Waals surface area (Å²) in [6, 6.07) is 0. The van der Waals surface area contributed by atoms with E-state index in [1.54, 1.807) is 18.4 Å². The molecule has 0 atom stereocenters. The summed E-state index contributed by atoms with van der Waals surface area (Å²) < 4.78 is 0.